The zero-order valence-electron chi connectivity index (χ0n) is 9.82. The van der Waals surface area contributed by atoms with E-state index in [1.165, 1.54) is 6.07 Å². The van der Waals surface area contributed by atoms with Gasteiger partial charge in [0.2, 0.25) is 0 Å². The van der Waals surface area contributed by atoms with Gasteiger partial charge in [0.15, 0.2) is 0 Å². The molecule has 0 fully saturated rings. The minimum absolute atomic E-state index is 0.134. The van der Waals surface area contributed by atoms with E-state index in [1.807, 2.05) is 18.2 Å². The number of nitrogens with one attached hydrogen (secondary N) is 1. The molecule has 2 aromatic rings. The Kier molecular flexibility index (Phi) is 3.94. The first-order chi connectivity index (χ1) is 8.27. The van der Waals surface area contributed by atoms with Gasteiger partial charge in [-0.3, -0.25) is 0 Å². The Morgan fingerprint density at radius 2 is 2.12 bits per heavy atom. The van der Waals surface area contributed by atoms with Crippen LogP contribution in [0, 0.1) is 5.82 Å². The molecule has 1 aromatic heterocycles. The summed E-state index contributed by atoms with van der Waals surface area (Å²) in [7, 11) is 0. The smallest absolute Gasteiger partial charge is 0.126 e. The van der Waals surface area contributed by atoms with E-state index in [-0.39, 0.29) is 11.9 Å². The van der Waals surface area contributed by atoms with E-state index in [2.05, 4.69) is 12.2 Å². The summed E-state index contributed by atoms with van der Waals surface area (Å²) in [6.45, 7) is 2.81. The molecule has 0 aliphatic rings. The summed E-state index contributed by atoms with van der Waals surface area (Å²) in [6.07, 6.45) is 4.07. The van der Waals surface area contributed by atoms with Gasteiger partial charge in [-0.15, -0.1) is 0 Å². The molecular weight excluding hydrogens is 217 g/mol. The third kappa shape index (κ3) is 3.17. The van der Waals surface area contributed by atoms with Crippen LogP contribution in [-0.2, 0) is 6.42 Å². The number of halogens is 1. The molecule has 1 unspecified atom stereocenters. The Morgan fingerprint density at radius 1 is 1.29 bits per heavy atom. The summed E-state index contributed by atoms with van der Waals surface area (Å²) in [5.74, 6) is -0.134. The average Bonchev–Trinajstić information content (AvgIpc) is 2.85. The Bertz CT molecular complexity index is 453. The second kappa shape index (κ2) is 5.64. The first-order valence-corrected chi connectivity index (χ1v) is 5.76. The van der Waals surface area contributed by atoms with Crippen molar-refractivity contribution in [3.05, 3.63) is 59.8 Å². The van der Waals surface area contributed by atoms with Crippen molar-refractivity contribution in [3.63, 3.8) is 0 Å². The first kappa shape index (κ1) is 11.9. The van der Waals surface area contributed by atoms with Crippen LogP contribution < -0.4 is 5.32 Å². The Morgan fingerprint density at radius 3 is 2.82 bits per heavy atom. The van der Waals surface area contributed by atoms with Gasteiger partial charge in [-0.05, 0) is 37.6 Å². The van der Waals surface area contributed by atoms with Crippen LogP contribution in [0.25, 0.3) is 0 Å². The third-order valence-corrected chi connectivity index (χ3v) is 2.85. The molecule has 0 bridgehead atoms. The van der Waals surface area contributed by atoms with Gasteiger partial charge in [-0.1, -0.05) is 18.2 Å². The van der Waals surface area contributed by atoms with Crippen molar-refractivity contribution in [2.45, 2.75) is 19.4 Å². The summed E-state index contributed by atoms with van der Waals surface area (Å²) >= 11 is 0. The number of rotatable bonds is 5. The molecule has 0 amide bonds. The van der Waals surface area contributed by atoms with Crippen molar-refractivity contribution in [3.8, 4) is 0 Å². The van der Waals surface area contributed by atoms with Crippen molar-refractivity contribution in [1.82, 2.24) is 5.32 Å². The number of benzene rings is 1. The fourth-order valence-corrected chi connectivity index (χ4v) is 1.76. The van der Waals surface area contributed by atoms with Crippen LogP contribution in [-0.4, -0.2) is 6.54 Å². The Hall–Kier alpha value is -1.61. The van der Waals surface area contributed by atoms with Crippen LogP contribution in [0.1, 0.15) is 24.1 Å². The standard InChI is InChI=1S/C14H16FNO/c1-11(13-7-9-17-10-13)16-8-6-12-4-2-3-5-14(12)15/h2-5,7,9-11,16H,6,8H2,1H3. The van der Waals surface area contributed by atoms with Crippen molar-refractivity contribution >= 4 is 0 Å². The molecule has 1 aromatic carbocycles. The largest absolute Gasteiger partial charge is 0.472 e. The van der Waals surface area contributed by atoms with Crippen molar-refractivity contribution in [1.29, 1.82) is 0 Å². The molecule has 90 valence electrons. The monoisotopic (exact) mass is 233 g/mol. The van der Waals surface area contributed by atoms with Crippen LogP contribution in [0.4, 0.5) is 4.39 Å². The van der Waals surface area contributed by atoms with Gasteiger partial charge in [0.25, 0.3) is 0 Å². The third-order valence-electron chi connectivity index (χ3n) is 2.85. The predicted octanol–water partition coefficient (Wildman–Crippen LogP) is 3.31. The lowest BCUT2D eigenvalue weighted by Gasteiger charge is -2.11. The molecule has 0 radical (unpaired) electrons. The highest BCUT2D eigenvalue weighted by Gasteiger charge is 2.06. The lowest BCUT2D eigenvalue weighted by Crippen LogP contribution is -2.21. The maximum absolute atomic E-state index is 13.3. The van der Waals surface area contributed by atoms with Crippen molar-refractivity contribution in [2.24, 2.45) is 0 Å². The Labute approximate surface area is 100 Å². The second-order valence-corrected chi connectivity index (χ2v) is 4.07. The van der Waals surface area contributed by atoms with Gasteiger partial charge < -0.3 is 9.73 Å². The van der Waals surface area contributed by atoms with Crippen molar-refractivity contribution in [2.75, 3.05) is 6.54 Å². The van der Waals surface area contributed by atoms with E-state index >= 15 is 0 Å². The zero-order chi connectivity index (χ0) is 12.1. The quantitative estimate of drug-likeness (QED) is 0.857. The average molecular weight is 233 g/mol. The molecule has 17 heavy (non-hydrogen) atoms. The highest BCUT2D eigenvalue weighted by atomic mass is 19.1. The van der Waals surface area contributed by atoms with Crippen LogP contribution in [0.5, 0.6) is 0 Å². The molecule has 0 saturated carbocycles. The summed E-state index contributed by atoms with van der Waals surface area (Å²) in [6, 6.07) is 9.04. The van der Waals surface area contributed by atoms with E-state index in [1.54, 1.807) is 18.6 Å². The fourth-order valence-electron chi connectivity index (χ4n) is 1.76. The maximum Gasteiger partial charge on any atom is 0.126 e. The first-order valence-electron chi connectivity index (χ1n) is 5.76. The summed E-state index contributed by atoms with van der Waals surface area (Å²) in [4.78, 5) is 0. The maximum atomic E-state index is 13.3. The van der Waals surface area contributed by atoms with E-state index in [9.17, 15) is 4.39 Å². The van der Waals surface area contributed by atoms with Crippen LogP contribution in [0.15, 0.2) is 47.3 Å². The van der Waals surface area contributed by atoms with E-state index in [0.29, 0.717) is 6.42 Å². The van der Waals surface area contributed by atoms with E-state index in [4.69, 9.17) is 4.42 Å². The number of furan rings is 1. The number of hydrogen-bond donors (Lipinski definition) is 1. The molecule has 1 heterocycles. The molecule has 1 atom stereocenters. The lowest BCUT2D eigenvalue weighted by atomic mass is 10.1. The van der Waals surface area contributed by atoms with Gasteiger partial charge >= 0.3 is 0 Å². The van der Waals surface area contributed by atoms with Gasteiger partial charge in [0.1, 0.15) is 5.82 Å². The second-order valence-electron chi connectivity index (χ2n) is 4.07. The molecule has 0 spiro atoms. The topological polar surface area (TPSA) is 25.2 Å². The molecule has 2 rings (SSSR count). The number of hydrogen-bond acceptors (Lipinski definition) is 2. The Balaban J connectivity index is 1.82. The SMILES string of the molecule is CC(NCCc1ccccc1F)c1ccoc1. The van der Waals surface area contributed by atoms with E-state index < -0.39 is 0 Å². The lowest BCUT2D eigenvalue weighted by molar-refractivity contribution is 0.535. The molecular formula is C14H16FNO. The summed E-state index contributed by atoms with van der Waals surface area (Å²) < 4.78 is 18.4. The summed E-state index contributed by atoms with van der Waals surface area (Å²) in [5.41, 5.74) is 1.86. The highest BCUT2D eigenvalue weighted by Crippen LogP contribution is 2.12. The van der Waals surface area contributed by atoms with Gasteiger partial charge in [-0.25, -0.2) is 4.39 Å². The van der Waals surface area contributed by atoms with Gasteiger partial charge in [0, 0.05) is 11.6 Å². The predicted molar refractivity (Wildman–Crippen MR) is 65.2 cm³/mol. The van der Waals surface area contributed by atoms with E-state index in [0.717, 1.165) is 17.7 Å². The minimum Gasteiger partial charge on any atom is -0.472 e. The van der Waals surface area contributed by atoms with Crippen LogP contribution >= 0.6 is 0 Å². The fraction of sp³-hybridized carbons (Fsp3) is 0.286. The normalized spacial score (nSPS) is 12.6. The van der Waals surface area contributed by atoms with Crippen LogP contribution in [0.3, 0.4) is 0 Å². The van der Waals surface area contributed by atoms with Crippen LogP contribution in [0.2, 0.25) is 0 Å². The zero-order valence-corrected chi connectivity index (χ0v) is 9.82. The summed E-state index contributed by atoms with van der Waals surface area (Å²) in [5, 5.41) is 3.33. The molecule has 1 N–H and O–H groups in total. The molecule has 0 saturated heterocycles. The molecule has 0 aliphatic carbocycles. The molecule has 2 nitrogen and oxygen atoms in total. The minimum atomic E-state index is -0.134. The molecule has 3 heteroatoms. The van der Waals surface area contributed by atoms with Gasteiger partial charge in [0.05, 0.1) is 12.5 Å². The van der Waals surface area contributed by atoms with Crippen molar-refractivity contribution < 1.29 is 8.81 Å². The molecule has 0 aliphatic heterocycles. The van der Waals surface area contributed by atoms with Gasteiger partial charge in [-0.2, -0.15) is 0 Å². The highest BCUT2D eigenvalue weighted by molar-refractivity contribution is 5.17.